The van der Waals surface area contributed by atoms with Crippen molar-refractivity contribution in [1.82, 2.24) is 0 Å². The summed E-state index contributed by atoms with van der Waals surface area (Å²) in [6.07, 6.45) is 6.70. The number of benzene rings is 1. The second-order valence-corrected chi connectivity index (χ2v) is 6.54. The van der Waals surface area contributed by atoms with E-state index in [2.05, 4.69) is 10.3 Å². The van der Waals surface area contributed by atoms with Crippen LogP contribution in [0.2, 0.25) is 0 Å². The number of hydrogen-bond donors (Lipinski definition) is 2. The zero-order chi connectivity index (χ0) is 15.6. The average Bonchev–Trinajstić information content (AvgIpc) is 3.14. The Hall–Kier alpha value is -1.18. The lowest BCUT2D eigenvalue weighted by molar-refractivity contribution is 0.307. The monoisotopic (exact) mass is 431 g/mol. The minimum atomic E-state index is 0. The molecule has 23 heavy (non-hydrogen) atoms. The Balaban J connectivity index is 0.00000192. The first-order chi connectivity index (χ1) is 10.6. The summed E-state index contributed by atoms with van der Waals surface area (Å²) < 4.78 is 10.5. The molecule has 0 heterocycles. The number of ether oxygens (including phenoxy) is 2. The molecule has 0 unspecified atom stereocenters. The maximum Gasteiger partial charge on any atom is 0.193 e. The Morgan fingerprint density at radius 3 is 2.52 bits per heavy atom. The Morgan fingerprint density at radius 2 is 1.96 bits per heavy atom. The largest absolute Gasteiger partial charge is 0.493 e. The van der Waals surface area contributed by atoms with Crippen molar-refractivity contribution in [2.45, 2.75) is 32.1 Å². The van der Waals surface area contributed by atoms with Gasteiger partial charge in [-0.2, -0.15) is 0 Å². The molecule has 2 saturated carbocycles. The number of nitrogens with two attached hydrogens (primary N) is 1. The smallest absolute Gasteiger partial charge is 0.193 e. The Kier molecular flexibility index (Phi) is 6.00. The summed E-state index contributed by atoms with van der Waals surface area (Å²) in [7, 11) is 3.24. The molecule has 128 valence electrons. The number of nitrogens with zero attached hydrogens (tertiary/aromatic N) is 1. The highest BCUT2D eigenvalue weighted by Gasteiger charge is 2.44. The molecule has 0 spiro atoms. The van der Waals surface area contributed by atoms with Crippen LogP contribution in [0.25, 0.3) is 0 Å². The second kappa shape index (κ2) is 7.59. The number of methoxy groups -OCH3 is 2. The van der Waals surface area contributed by atoms with Crippen LogP contribution in [0.15, 0.2) is 23.2 Å². The predicted molar refractivity (Wildman–Crippen MR) is 104 cm³/mol. The van der Waals surface area contributed by atoms with Gasteiger partial charge in [0, 0.05) is 18.3 Å². The molecular formula is C17H26IN3O2. The van der Waals surface area contributed by atoms with Crippen molar-refractivity contribution < 1.29 is 9.47 Å². The van der Waals surface area contributed by atoms with Gasteiger partial charge >= 0.3 is 0 Å². The predicted octanol–water partition coefficient (Wildman–Crippen LogP) is 3.63. The van der Waals surface area contributed by atoms with E-state index in [9.17, 15) is 0 Å². The topological polar surface area (TPSA) is 68.9 Å². The summed E-state index contributed by atoms with van der Waals surface area (Å²) in [5.74, 6) is 2.78. The van der Waals surface area contributed by atoms with Gasteiger partial charge in [0.15, 0.2) is 17.5 Å². The summed E-state index contributed by atoms with van der Waals surface area (Å²) >= 11 is 0. The molecule has 1 aromatic rings. The van der Waals surface area contributed by atoms with Crippen molar-refractivity contribution in [3.8, 4) is 11.5 Å². The quantitative estimate of drug-likeness (QED) is 0.425. The molecule has 2 fully saturated rings. The van der Waals surface area contributed by atoms with E-state index in [0.29, 0.717) is 22.9 Å². The van der Waals surface area contributed by atoms with Crippen molar-refractivity contribution in [3.05, 3.63) is 18.2 Å². The van der Waals surface area contributed by atoms with Gasteiger partial charge in [-0.25, -0.2) is 0 Å². The van der Waals surface area contributed by atoms with Crippen LogP contribution in [-0.2, 0) is 0 Å². The third kappa shape index (κ3) is 4.02. The minimum Gasteiger partial charge on any atom is -0.493 e. The lowest BCUT2D eigenvalue weighted by atomic mass is 9.84. The first kappa shape index (κ1) is 18.2. The second-order valence-electron chi connectivity index (χ2n) is 6.54. The fourth-order valence-electron chi connectivity index (χ4n) is 3.89. The summed E-state index contributed by atoms with van der Waals surface area (Å²) in [6, 6.07) is 5.62. The number of hydrogen-bond acceptors (Lipinski definition) is 3. The van der Waals surface area contributed by atoms with E-state index < -0.39 is 0 Å². The van der Waals surface area contributed by atoms with Crippen LogP contribution in [0.3, 0.4) is 0 Å². The molecule has 5 nitrogen and oxygen atoms in total. The van der Waals surface area contributed by atoms with Gasteiger partial charge in [0.1, 0.15) is 0 Å². The van der Waals surface area contributed by atoms with Crippen LogP contribution in [0, 0.1) is 11.3 Å². The van der Waals surface area contributed by atoms with Crippen LogP contribution in [0.4, 0.5) is 5.69 Å². The van der Waals surface area contributed by atoms with Gasteiger partial charge in [0.05, 0.1) is 14.2 Å². The van der Waals surface area contributed by atoms with E-state index in [-0.39, 0.29) is 24.0 Å². The molecule has 0 amide bonds. The number of halogens is 1. The van der Waals surface area contributed by atoms with E-state index in [1.807, 2.05) is 18.2 Å². The van der Waals surface area contributed by atoms with Crippen molar-refractivity contribution in [1.29, 1.82) is 0 Å². The number of guanidine groups is 1. The van der Waals surface area contributed by atoms with E-state index in [0.717, 1.165) is 18.2 Å². The van der Waals surface area contributed by atoms with E-state index in [1.165, 1.54) is 32.1 Å². The maximum atomic E-state index is 6.04. The maximum absolute atomic E-state index is 6.04. The van der Waals surface area contributed by atoms with Crippen molar-refractivity contribution >= 4 is 35.6 Å². The first-order valence-corrected chi connectivity index (χ1v) is 7.93. The van der Waals surface area contributed by atoms with Gasteiger partial charge in [-0.1, -0.05) is 0 Å². The number of rotatable bonds is 5. The Bertz CT molecular complexity index is 569. The Morgan fingerprint density at radius 1 is 1.26 bits per heavy atom. The fourth-order valence-corrected chi connectivity index (χ4v) is 3.89. The fraction of sp³-hybridized carbons (Fsp3) is 0.588. The molecule has 2 aliphatic rings. The third-order valence-corrected chi connectivity index (χ3v) is 5.13. The zero-order valence-corrected chi connectivity index (χ0v) is 16.1. The van der Waals surface area contributed by atoms with E-state index >= 15 is 0 Å². The van der Waals surface area contributed by atoms with E-state index in [4.69, 9.17) is 15.2 Å². The standard InChI is InChI=1S/C17H25N3O2.HI/c1-21-14-4-3-13(9-15(14)22-2)20-16(18)19-11-17-7-5-12(10-17)6-8-17;/h3-4,9,12H,5-8,10-11H2,1-2H3,(H3,18,19,20);1H. The lowest BCUT2D eigenvalue weighted by Crippen LogP contribution is -2.26. The van der Waals surface area contributed by atoms with Gasteiger partial charge in [-0.15, -0.1) is 24.0 Å². The highest BCUT2D eigenvalue weighted by molar-refractivity contribution is 14.0. The molecule has 3 rings (SSSR count). The molecule has 6 heteroatoms. The molecule has 1 aromatic carbocycles. The molecule has 0 saturated heterocycles. The van der Waals surface area contributed by atoms with Crippen LogP contribution >= 0.6 is 24.0 Å². The highest BCUT2D eigenvalue weighted by Crippen LogP contribution is 2.54. The molecule has 0 atom stereocenters. The molecule has 0 aliphatic heterocycles. The van der Waals surface area contributed by atoms with Crippen LogP contribution in [0.1, 0.15) is 32.1 Å². The number of aliphatic imine (C=N–C) groups is 1. The molecule has 0 aromatic heterocycles. The third-order valence-electron chi connectivity index (χ3n) is 5.13. The van der Waals surface area contributed by atoms with Gasteiger partial charge < -0.3 is 20.5 Å². The number of anilines is 1. The molecule has 0 radical (unpaired) electrons. The zero-order valence-electron chi connectivity index (χ0n) is 13.8. The summed E-state index contributed by atoms with van der Waals surface area (Å²) in [6.45, 7) is 0.843. The van der Waals surface area contributed by atoms with Crippen molar-refractivity contribution in [2.75, 3.05) is 26.1 Å². The number of nitrogens with one attached hydrogen (secondary N) is 1. The molecular weight excluding hydrogens is 405 g/mol. The molecule has 3 N–H and O–H groups in total. The minimum absolute atomic E-state index is 0. The van der Waals surface area contributed by atoms with Crippen molar-refractivity contribution in [3.63, 3.8) is 0 Å². The first-order valence-electron chi connectivity index (χ1n) is 7.93. The lowest BCUT2D eigenvalue weighted by Gasteiger charge is -2.24. The molecule has 2 bridgehead atoms. The van der Waals surface area contributed by atoms with E-state index in [1.54, 1.807) is 14.2 Å². The summed E-state index contributed by atoms with van der Waals surface area (Å²) in [5, 5.41) is 3.14. The van der Waals surface area contributed by atoms with Gasteiger partial charge in [0.2, 0.25) is 0 Å². The van der Waals surface area contributed by atoms with Crippen LogP contribution in [-0.4, -0.2) is 26.7 Å². The van der Waals surface area contributed by atoms with Crippen molar-refractivity contribution in [2.24, 2.45) is 22.1 Å². The van der Waals surface area contributed by atoms with Gasteiger partial charge in [0.25, 0.3) is 0 Å². The summed E-state index contributed by atoms with van der Waals surface area (Å²) in [4.78, 5) is 4.58. The normalized spacial score (nSPS) is 25.8. The Labute approximate surface area is 155 Å². The summed E-state index contributed by atoms with van der Waals surface area (Å²) in [5.41, 5.74) is 7.32. The SMILES string of the molecule is COc1ccc(NC(N)=NCC23CCC(CC2)C3)cc1OC.I. The molecule has 2 aliphatic carbocycles. The number of fused-ring (bicyclic) bond motifs is 2. The van der Waals surface area contributed by atoms with Crippen LogP contribution in [0.5, 0.6) is 11.5 Å². The van der Waals surface area contributed by atoms with Gasteiger partial charge in [-0.05, 0) is 55.6 Å². The highest BCUT2D eigenvalue weighted by atomic mass is 127. The van der Waals surface area contributed by atoms with Gasteiger partial charge in [-0.3, -0.25) is 4.99 Å². The van der Waals surface area contributed by atoms with Crippen LogP contribution < -0.4 is 20.5 Å². The average molecular weight is 431 g/mol.